The molecular formula is C14H24N4. The fourth-order valence-corrected chi connectivity index (χ4v) is 2.51. The molecule has 0 aromatic carbocycles. The van der Waals surface area contributed by atoms with Crippen molar-refractivity contribution in [1.29, 1.82) is 0 Å². The van der Waals surface area contributed by atoms with Crippen molar-refractivity contribution in [3.63, 3.8) is 0 Å². The number of hydrogen-bond acceptors (Lipinski definition) is 4. The quantitative estimate of drug-likeness (QED) is 0.889. The third kappa shape index (κ3) is 2.92. The molecule has 2 rings (SSSR count). The summed E-state index contributed by atoms with van der Waals surface area (Å²) in [6.45, 7) is 8.85. The molecule has 2 unspecified atom stereocenters. The molecular weight excluding hydrogens is 224 g/mol. The number of aromatic nitrogens is 2. The molecule has 1 aromatic rings. The summed E-state index contributed by atoms with van der Waals surface area (Å²) in [4.78, 5) is 11.1. The third-order valence-electron chi connectivity index (χ3n) is 3.88. The van der Waals surface area contributed by atoms with Gasteiger partial charge in [0, 0.05) is 25.2 Å². The van der Waals surface area contributed by atoms with E-state index in [2.05, 4.69) is 47.0 Å². The van der Waals surface area contributed by atoms with Crippen LogP contribution in [0.2, 0.25) is 0 Å². The summed E-state index contributed by atoms with van der Waals surface area (Å²) in [6.07, 6.45) is 5.35. The van der Waals surface area contributed by atoms with Crippen LogP contribution in [0, 0.1) is 5.92 Å². The van der Waals surface area contributed by atoms with Crippen LogP contribution >= 0.6 is 0 Å². The Hall–Kier alpha value is -1.32. The second kappa shape index (κ2) is 6.03. The van der Waals surface area contributed by atoms with Crippen molar-refractivity contribution in [2.24, 2.45) is 5.92 Å². The normalized spacial score (nSPS) is 24.1. The predicted octanol–water partition coefficient (Wildman–Crippen LogP) is 2.92. The van der Waals surface area contributed by atoms with E-state index < -0.39 is 0 Å². The maximum atomic E-state index is 4.43. The van der Waals surface area contributed by atoms with Crippen LogP contribution < -0.4 is 10.2 Å². The fraction of sp³-hybridized carbons (Fsp3) is 0.714. The highest BCUT2D eigenvalue weighted by Gasteiger charge is 2.25. The van der Waals surface area contributed by atoms with Crippen molar-refractivity contribution in [2.45, 2.75) is 46.1 Å². The van der Waals surface area contributed by atoms with Crippen LogP contribution in [0.3, 0.4) is 0 Å². The van der Waals surface area contributed by atoms with Crippen LogP contribution in [-0.4, -0.2) is 29.1 Å². The summed E-state index contributed by atoms with van der Waals surface area (Å²) in [5, 5.41) is 3.32. The van der Waals surface area contributed by atoms with Crippen molar-refractivity contribution in [1.82, 2.24) is 9.97 Å². The summed E-state index contributed by atoms with van der Waals surface area (Å²) in [5.41, 5.74) is 0. The van der Waals surface area contributed by atoms with Gasteiger partial charge in [-0.15, -0.1) is 0 Å². The van der Waals surface area contributed by atoms with Gasteiger partial charge in [-0.25, -0.2) is 9.97 Å². The van der Waals surface area contributed by atoms with Gasteiger partial charge in [0.2, 0.25) is 0 Å². The second-order valence-electron chi connectivity index (χ2n) is 5.24. The molecule has 2 atom stereocenters. The number of nitrogens with one attached hydrogen (secondary N) is 1. The van der Waals surface area contributed by atoms with Crippen LogP contribution in [0.15, 0.2) is 12.4 Å². The Morgan fingerprint density at radius 1 is 1.39 bits per heavy atom. The lowest BCUT2D eigenvalue weighted by molar-refractivity contribution is 0.361. The van der Waals surface area contributed by atoms with Crippen molar-refractivity contribution in [3.05, 3.63) is 12.4 Å². The lowest BCUT2D eigenvalue weighted by Gasteiger charge is -2.38. The summed E-state index contributed by atoms with van der Waals surface area (Å²) in [6, 6.07) is 2.64. The van der Waals surface area contributed by atoms with Crippen molar-refractivity contribution in [2.75, 3.05) is 23.3 Å². The molecule has 0 spiro atoms. The van der Waals surface area contributed by atoms with Crippen LogP contribution in [0.5, 0.6) is 0 Å². The SMILES string of the molecule is CCCNc1cc(N2CCCC(C)C2C)ncn1. The van der Waals surface area contributed by atoms with Gasteiger partial charge in [0.1, 0.15) is 18.0 Å². The summed E-state index contributed by atoms with van der Waals surface area (Å²) < 4.78 is 0. The molecule has 1 aromatic heterocycles. The van der Waals surface area contributed by atoms with E-state index in [1.54, 1.807) is 6.33 Å². The lowest BCUT2D eigenvalue weighted by Crippen LogP contribution is -2.42. The second-order valence-corrected chi connectivity index (χ2v) is 5.24. The fourth-order valence-electron chi connectivity index (χ4n) is 2.51. The van der Waals surface area contributed by atoms with Gasteiger partial charge < -0.3 is 10.2 Å². The number of nitrogens with zero attached hydrogens (tertiary/aromatic N) is 3. The standard InChI is InChI=1S/C14H24N4/c1-4-7-15-13-9-14(17-10-16-13)18-8-5-6-11(2)12(18)3/h9-12H,4-8H2,1-3H3,(H,15,16,17). The molecule has 2 heterocycles. The average molecular weight is 248 g/mol. The molecule has 0 radical (unpaired) electrons. The first-order chi connectivity index (χ1) is 8.72. The molecule has 1 N–H and O–H groups in total. The molecule has 1 aliphatic heterocycles. The van der Waals surface area contributed by atoms with Gasteiger partial charge in [-0.1, -0.05) is 13.8 Å². The van der Waals surface area contributed by atoms with Crippen molar-refractivity contribution in [3.8, 4) is 0 Å². The highest BCUT2D eigenvalue weighted by Crippen LogP contribution is 2.27. The Kier molecular flexibility index (Phi) is 4.39. The van der Waals surface area contributed by atoms with E-state index in [0.717, 1.165) is 37.1 Å². The average Bonchev–Trinajstić information content (AvgIpc) is 2.40. The number of rotatable bonds is 4. The largest absolute Gasteiger partial charge is 0.370 e. The molecule has 0 aliphatic carbocycles. The molecule has 0 amide bonds. The molecule has 1 fully saturated rings. The molecule has 100 valence electrons. The number of anilines is 2. The van der Waals surface area contributed by atoms with Gasteiger partial charge in [0.25, 0.3) is 0 Å². The lowest BCUT2D eigenvalue weighted by atomic mass is 9.92. The van der Waals surface area contributed by atoms with Crippen LogP contribution in [0.4, 0.5) is 11.6 Å². The highest BCUT2D eigenvalue weighted by molar-refractivity contribution is 5.49. The maximum Gasteiger partial charge on any atom is 0.134 e. The molecule has 1 saturated heterocycles. The first kappa shape index (κ1) is 13.1. The van der Waals surface area contributed by atoms with E-state index in [9.17, 15) is 0 Å². The van der Waals surface area contributed by atoms with Gasteiger partial charge in [-0.3, -0.25) is 0 Å². The number of hydrogen-bond donors (Lipinski definition) is 1. The van der Waals surface area contributed by atoms with E-state index >= 15 is 0 Å². The monoisotopic (exact) mass is 248 g/mol. The van der Waals surface area contributed by atoms with Crippen LogP contribution in [-0.2, 0) is 0 Å². The van der Waals surface area contributed by atoms with Gasteiger partial charge in [-0.2, -0.15) is 0 Å². The van der Waals surface area contributed by atoms with E-state index in [0.29, 0.717) is 6.04 Å². The Bertz CT molecular complexity index is 380. The molecule has 4 nitrogen and oxygen atoms in total. The van der Waals surface area contributed by atoms with E-state index in [4.69, 9.17) is 0 Å². The summed E-state index contributed by atoms with van der Waals surface area (Å²) in [7, 11) is 0. The summed E-state index contributed by atoms with van der Waals surface area (Å²) in [5.74, 6) is 2.73. The first-order valence-corrected chi connectivity index (χ1v) is 7.05. The van der Waals surface area contributed by atoms with E-state index in [-0.39, 0.29) is 0 Å². The van der Waals surface area contributed by atoms with Crippen molar-refractivity contribution < 1.29 is 0 Å². The Morgan fingerprint density at radius 2 is 2.22 bits per heavy atom. The van der Waals surface area contributed by atoms with Gasteiger partial charge in [0.15, 0.2) is 0 Å². The molecule has 4 heteroatoms. The first-order valence-electron chi connectivity index (χ1n) is 7.05. The molecule has 0 bridgehead atoms. The zero-order chi connectivity index (χ0) is 13.0. The smallest absolute Gasteiger partial charge is 0.134 e. The Labute approximate surface area is 110 Å². The van der Waals surface area contributed by atoms with Crippen LogP contribution in [0.25, 0.3) is 0 Å². The van der Waals surface area contributed by atoms with E-state index in [1.807, 2.05) is 0 Å². The minimum absolute atomic E-state index is 0.563. The molecule has 0 saturated carbocycles. The van der Waals surface area contributed by atoms with Gasteiger partial charge in [0.05, 0.1) is 0 Å². The molecule has 18 heavy (non-hydrogen) atoms. The number of piperidine rings is 1. The van der Waals surface area contributed by atoms with Gasteiger partial charge in [-0.05, 0) is 32.1 Å². The Morgan fingerprint density at radius 3 is 3.00 bits per heavy atom. The minimum atomic E-state index is 0.563. The minimum Gasteiger partial charge on any atom is -0.370 e. The van der Waals surface area contributed by atoms with Crippen LogP contribution in [0.1, 0.15) is 40.0 Å². The zero-order valence-electron chi connectivity index (χ0n) is 11.7. The molecule has 1 aliphatic rings. The maximum absolute atomic E-state index is 4.43. The topological polar surface area (TPSA) is 41.0 Å². The summed E-state index contributed by atoms with van der Waals surface area (Å²) >= 11 is 0. The predicted molar refractivity (Wildman–Crippen MR) is 76.0 cm³/mol. The Balaban J connectivity index is 2.11. The van der Waals surface area contributed by atoms with E-state index in [1.165, 1.54) is 12.8 Å². The highest BCUT2D eigenvalue weighted by atomic mass is 15.2. The third-order valence-corrected chi connectivity index (χ3v) is 3.88. The van der Waals surface area contributed by atoms with Crippen molar-refractivity contribution >= 4 is 11.6 Å². The van der Waals surface area contributed by atoms with Gasteiger partial charge >= 0.3 is 0 Å². The zero-order valence-corrected chi connectivity index (χ0v) is 11.7.